The Balaban J connectivity index is 1.66. The first-order chi connectivity index (χ1) is 12.5. The Labute approximate surface area is 153 Å². The van der Waals surface area contributed by atoms with Crippen LogP contribution in [-0.2, 0) is 14.4 Å². The normalized spacial score (nSPS) is 14.1. The number of nitrogens with zero attached hydrogens (tertiary/aromatic N) is 2. The van der Waals surface area contributed by atoms with Crippen LogP contribution in [0.25, 0.3) is 0 Å². The van der Waals surface area contributed by atoms with Gasteiger partial charge in [0.25, 0.3) is 0 Å². The molecule has 8 heteroatoms. The minimum absolute atomic E-state index is 0.0201. The fraction of sp³-hybridized carbons (Fsp3) is 0.500. The molecule has 3 N–H and O–H groups in total. The molecule has 8 nitrogen and oxygen atoms in total. The van der Waals surface area contributed by atoms with Crippen molar-refractivity contribution in [3.8, 4) is 5.75 Å². The standard InChI is InChI=1S/C18H26N4O4/c1-14-2-4-15(5-3-14)26-13-8-18(25)22-11-9-21(10-12-22)17(24)7-6-16(23)20-19/h2-5H,6-13,19H2,1H3,(H,20,23). The zero-order valence-corrected chi connectivity index (χ0v) is 15.1. The Morgan fingerprint density at radius 3 is 2.04 bits per heavy atom. The Morgan fingerprint density at radius 2 is 1.50 bits per heavy atom. The highest BCUT2D eigenvalue weighted by Crippen LogP contribution is 2.12. The van der Waals surface area contributed by atoms with E-state index >= 15 is 0 Å². The average Bonchev–Trinajstić information content (AvgIpc) is 2.67. The number of nitrogens with two attached hydrogens (primary N) is 1. The van der Waals surface area contributed by atoms with E-state index in [4.69, 9.17) is 10.6 Å². The van der Waals surface area contributed by atoms with Crippen LogP contribution in [0.3, 0.4) is 0 Å². The zero-order valence-electron chi connectivity index (χ0n) is 15.1. The van der Waals surface area contributed by atoms with E-state index in [0.29, 0.717) is 39.2 Å². The maximum absolute atomic E-state index is 12.2. The quantitative estimate of drug-likeness (QED) is 0.410. The van der Waals surface area contributed by atoms with E-state index in [-0.39, 0.29) is 30.6 Å². The van der Waals surface area contributed by atoms with E-state index < -0.39 is 0 Å². The molecular weight excluding hydrogens is 336 g/mol. The number of carbonyl (C=O) groups excluding carboxylic acids is 3. The van der Waals surface area contributed by atoms with E-state index in [0.717, 1.165) is 11.3 Å². The van der Waals surface area contributed by atoms with Crippen LogP contribution < -0.4 is 16.0 Å². The number of ether oxygens (including phenoxy) is 1. The molecular formula is C18H26N4O4. The summed E-state index contributed by atoms with van der Waals surface area (Å²) in [6.07, 6.45) is 0.505. The van der Waals surface area contributed by atoms with Crippen molar-refractivity contribution in [2.24, 2.45) is 5.84 Å². The number of amides is 3. The summed E-state index contributed by atoms with van der Waals surface area (Å²) in [4.78, 5) is 38.8. The summed E-state index contributed by atoms with van der Waals surface area (Å²) in [5.41, 5.74) is 3.16. The molecule has 1 fully saturated rings. The predicted molar refractivity (Wildman–Crippen MR) is 96.0 cm³/mol. The topological polar surface area (TPSA) is 105 Å². The highest BCUT2D eigenvalue weighted by atomic mass is 16.5. The smallest absolute Gasteiger partial charge is 0.234 e. The molecule has 1 aromatic carbocycles. The average molecular weight is 362 g/mol. The first-order valence-electron chi connectivity index (χ1n) is 8.74. The van der Waals surface area contributed by atoms with Crippen molar-refractivity contribution in [1.29, 1.82) is 0 Å². The maximum atomic E-state index is 12.2. The first-order valence-corrected chi connectivity index (χ1v) is 8.74. The van der Waals surface area contributed by atoms with Crippen molar-refractivity contribution in [3.05, 3.63) is 29.8 Å². The number of aryl methyl sites for hydroxylation is 1. The lowest BCUT2D eigenvalue weighted by Gasteiger charge is -2.34. The number of hydrazine groups is 1. The molecule has 0 aliphatic carbocycles. The lowest BCUT2D eigenvalue weighted by molar-refractivity contribution is -0.140. The molecule has 0 spiro atoms. The minimum atomic E-state index is -0.360. The fourth-order valence-electron chi connectivity index (χ4n) is 2.70. The van der Waals surface area contributed by atoms with Gasteiger partial charge < -0.3 is 14.5 Å². The van der Waals surface area contributed by atoms with Gasteiger partial charge in [-0.3, -0.25) is 19.8 Å². The van der Waals surface area contributed by atoms with Crippen molar-refractivity contribution >= 4 is 17.7 Å². The highest BCUT2D eigenvalue weighted by Gasteiger charge is 2.24. The molecule has 1 heterocycles. The van der Waals surface area contributed by atoms with Gasteiger partial charge in [0.05, 0.1) is 13.0 Å². The molecule has 1 aliphatic heterocycles. The van der Waals surface area contributed by atoms with E-state index in [1.165, 1.54) is 0 Å². The molecule has 0 radical (unpaired) electrons. The lowest BCUT2D eigenvalue weighted by atomic mass is 10.2. The van der Waals surface area contributed by atoms with Gasteiger partial charge in [0.15, 0.2) is 0 Å². The monoisotopic (exact) mass is 362 g/mol. The van der Waals surface area contributed by atoms with Crippen molar-refractivity contribution in [3.63, 3.8) is 0 Å². The number of nitrogens with one attached hydrogen (secondary N) is 1. The Bertz CT molecular complexity index is 625. The molecule has 0 atom stereocenters. The lowest BCUT2D eigenvalue weighted by Crippen LogP contribution is -2.50. The third-order valence-corrected chi connectivity index (χ3v) is 4.32. The predicted octanol–water partition coefficient (Wildman–Crippen LogP) is 0.205. The summed E-state index contributed by atoms with van der Waals surface area (Å²) in [6, 6.07) is 7.69. The number of hydrogen-bond donors (Lipinski definition) is 2. The van der Waals surface area contributed by atoms with Gasteiger partial charge in [0.2, 0.25) is 17.7 Å². The number of hydrogen-bond acceptors (Lipinski definition) is 5. The van der Waals surface area contributed by atoms with E-state index in [1.54, 1.807) is 9.80 Å². The summed E-state index contributed by atoms with van der Waals surface area (Å²) < 4.78 is 5.59. The van der Waals surface area contributed by atoms with Crippen LogP contribution in [0.4, 0.5) is 0 Å². The van der Waals surface area contributed by atoms with Gasteiger partial charge in [-0.05, 0) is 19.1 Å². The van der Waals surface area contributed by atoms with Crippen LogP contribution >= 0.6 is 0 Å². The molecule has 0 unspecified atom stereocenters. The van der Waals surface area contributed by atoms with Gasteiger partial charge in [-0.15, -0.1) is 0 Å². The van der Waals surface area contributed by atoms with Crippen LogP contribution in [0.2, 0.25) is 0 Å². The largest absolute Gasteiger partial charge is 0.493 e. The van der Waals surface area contributed by atoms with Crippen LogP contribution in [0, 0.1) is 6.92 Å². The molecule has 142 valence electrons. The molecule has 0 aromatic heterocycles. The summed E-state index contributed by atoms with van der Waals surface area (Å²) in [6.45, 7) is 4.29. The van der Waals surface area contributed by atoms with Gasteiger partial charge in [0.1, 0.15) is 5.75 Å². The zero-order chi connectivity index (χ0) is 18.9. The molecule has 26 heavy (non-hydrogen) atoms. The number of benzene rings is 1. The summed E-state index contributed by atoms with van der Waals surface area (Å²) in [7, 11) is 0. The highest BCUT2D eigenvalue weighted by molar-refractivity contribution is 5.83. The van der Waals surface area contributed by atoms with Gasteiger partial charge in [0, 0.05) is 39.0 Å². The van der Waals surface area contributed by atoms with E-state index in [1.807, 2.05) is 36.6 Å². The van der Waals surface area contributed by atoms with Crippen LogP contribution in [0.15, 0.2) is 24.3 Å². The number of rotatable bonds is 7. The van der Waals surface area contributed by atoms with Crippen molar-refractivity contribution < 1.29 is 19.1 Å². The van der Waals surface area contributed by atoms with Crippen LogP contribution in [0.1, 0.15) is 24.8 Å². The minimum Gasteiger partial charge on any atom is -0.493 e. The van der Waals surface area contributed by atoms with Gasteiger partial charge in [-0.2, -0.15) is 0 Å². The number of piperazine rings is 1. The second-order valence-electron chi connectivity index (χ2n) is 6.24. The van der Waals surface area contributed by atoms with Gasteiger partial charge in [-0.1, -0.05) is 17.7 Å². The molecule has 1 saturated heterocycles. The second-order valence-corrected chi connectivity index (χ2v) is 6.24. The fourth-order valence-corrected chi connectivity index (χ4v) is 2.70. The Kier molecular flexibility index (Phi) is 7.40. The first kappa shape index (κ1) is 19.7. The van der Waals surface area contributed by atoms with Gasteiger partial charge >= 0.3 is 0 Å². The summed E-state index contributed by atoms with van der Waals surface area (Å²) in [5, 5.41) is 0. The SMILES string of the molecule is Cc1ccc(OCCC(=O)N2CCN(C(=O)CCC(=O)NN)CC2)cc1. The third-order valence-electron chi connectivity index (χ3n) is 4.32. The molecule has 3 amide bonds. The van der Waals surface area contributed by atoms with Crippen LogP contribution in [-0.4, -0.2) is 60.3 Å². The molecule has 1 aromatic rings. The third kappa shape index (κ3) is 6.03. The van der Waals surface area contributed by atoms with E-state index in [9.17, 15) is 14.4 Å². The Morgan fingerprint density at radius 1 is 0.962 bits per heavy atom. The maximum Gasteiger partial charge on any atom is 0.234 e. The van der Waals surface area contributed by atoms with Gasteiger partial charge in [-0.25, -0.2) is 5.84 Å². The second kappa shape index (κ2) is 9.76. The summed E-state index contributed by atoms with van der Waals surface area (Å²) >= 11 is 0. The van der Waals surface area contributed by atoms with E-state index in [2.05, 4.69) is 0 Å². The Hall–Kier alpha value is -2.61. The molecule has 0 saturated carbocycles. The summed E-state index contributed by atoms with van der Waals surface area (Å²) in [5.74, 6) is 5.31. The number of carbonyl (C=O) groups is 3. The van der Waals surface area contributed by atoms with Crippen molar-refractivity contribution in [2.75, 3.05) is 32.8 Å². The molecule has 1 aliphatic rings. The van der Waals surface area contributed by atoms with Crippen LogP contribution in [0.5, 0.6) is 5.75 Å². The molecule has 2 rings (SSSR count). The van der Waals surface area contributed by atoms with Crippen molar-refractivity contribution in [2.45, 2.75) is 26.2 Å². The van der Waals surface area contributed by atoms with Crippen molar-refractivity contribution in [1.82, 2.24) is 15.2 Å². The molecule has 0 bridgehead atoms.